The van der Waals surface area contributed by atoms with Crippen molar-refractivity contribution < 1.29 is 4.79 Å². The van der Waals surface area contributed by atoms with Crippen LogP contribution < -0.4 is 11.1 Å². The van der Waals surface area contributed by atoms with Crippen molar-refractivity contribution in [2.45, 2.75) is 56.7 Å². The molecule has 5 heteroatoms. The molecule has 1 saturated carbocycles. The Balaban J connectivity index is 2.11. The number of hydrogen-bond donors (Lipinski definition) is 2. The number of nitrogens with one attached hydrogen (secondary N) is 1. The van der Waals surface area contributed by atoms with Gasteiger partial charge in [0, 0.05) is 28.0 Å². The van der Waals surface area contributed by atoms with E-state index in [-0.39, 0.29) is 17.4 Å². The molecule has 0 bridgehead atoms. The van der Waals surface area contributed by atoms with Gasteiger partial charge in [0.1, 0.15) is 5.82 Å². The Bertz CT molecular complexity index is 525. The van der Waals surface area contributed by atoms with Crippen LogP contribution in [0.2, 0.25) is 0 Å². The zero-order valence-corrected chi connectivity index (χ0v) is 14.1. The maximum Gasteiger partial charge on any atom is 0.251 e. The molecule has 21 heavy (non-hydrogen) atoms. The van der Waals surface area contributed by atoms with E-state index in [2.05, 4.69) is 37.3 Å². The van der Waals surface area contributed by atoms with Crippen LogP contribution in [0.1, 0.15) is 56.1 Å². The molecule has 0 aromatic carbocycles. The average molecular weight is 307 g/mol. The number of nitrogens with two attached hydrogens (primary N) is 1. The van der Waals surface area contributed by atoms with E-state index in [0.29, 0.717) is 16.6 Å². The van der Waals surface area contributed by atoms with Crippen molar-refractivity contribution in [2.75, 3.05) is 12.0 Å². The Morgan fingerprint density at radius 3 is 2.67 bits per heavy atom. The number of carbonyl (C=O) groups is 1. The number of pyridine rings is 1. The highest BCUT2D eigenvalue weighted by Gasteiger charge is 2.26. The number of carbonyl (C=O) groups excluding carboxylic acids is 1. The van der Waals surface area contributed by atoms with Crippen LogP contribution in [0.25, 0.3) is 0 Å². The summed E-state index contributed by atoms with van der Waals surface area (Å²) in [6.45, 7) is 6.20. The summed E-state index contributed by atoms with van der Waals surface area (Å²) in [5.41, 5.74) is 7.19. The maximum atomic E-state index is 12.4. The molecule has 0 spiro atoms. The summed E-state index contributed by atoms with van der Waals surface area (Å²) in [6.07, 6.45) is 5.43. The average Bonchev–Trinajstić information content (AvgIpc) is 2.84. The number of nitrogens with zero attached hydrogens (tertiary/aromatic N) is 1. The van der Waals surface area contributed by atoms with Crippen molar-refractivity contribution >= 4 is 23.5 Å². The SMILES string of the molecule is CSC1CCC(NC(=O)c2cc(N)nc(C(C)(C)C)c2)C1. The van der Waals surface area contributed by atoms with Crippen LogP contribution in [-0.4, -0.2) is 28.4 Å². The Morgan fingerprint density at radius 2 is 2.10 bits per heavy atom. The number of aromatic nitrogens is 1. The summed E-state index contributed by atoms with van der Waals surface area (Å²) in [4.78, 5) is 16.8. The van der Waals surface area contributed by atoms with Crippen molar-refractivity contribution in [2.24, 2.45) is 0 Å². The van der Waals surface area contributed by atoms with E-state index in [1.54, 1.807) is 6.07 Å². The molecular formula is C16H25N3OS. The summed E-state index contributed by atoms with van der Waals surface area (Å²) >= 11 is 1.89. The van der Waals surface area contributed by atoms with Crippen molar-refractivity contribution in [3.05, 3.63) is 23.4 Å². The largest absolute Gasteiger partial charge is 0.384 e. The molecular weight excluding hydrogens is 282 g/mol. The summed E-state index contributed by atoms with van der Waals surface area (Å²) in [7, 11) is 0. The lowest BCUT2D eigenvalue weighted by Crippen LogP contribution is -2.33. The molecule has 2 unspecified atom stereocenters. The van der Waals surface area contributed by atoms with E-state index < -0.39 is 0 Å². The summed E-state index contributed by atoms with van der Waals surface area (Å²) < 4.78 is 0. The standard InChI is InChI=1S/C16H25N3OS/c1-16(2,3)13-7-10(8-14(17)19-13)15(20)18-11-5-6-12(9-11)21-4/h7-8,11-12H,5-6,9H2,1-4H3,(H2,17,19)(H,18,20). The van der Waals surface area contributed by atoms with Crippen LogP contribution in [-0.2, 0) is 5.41 Å². The molecule has 1 aromatic rings. The predicted octanol–water partition coefficient (Wildman–Crippen LogP) is 2.98. The lowest BCUT2D eigenvalue weighted by atomic mass is 9.90. The normalized spacial score (nSPS) is 22.3. The third-order valence-corrected chi connectivity index (χ3v) is 5.02. The minimum absolute atomic E-state index is 0.0404. The van der Waals surface area contributed by atoms with Gasteiger partial charge in [0.25, 0.3) is 5.91 Å². The third-order valence-electron chi connectivity index (χ3n) is 3.93. The van der Waals surface area contributed by atoms with Gasteiger partial charge in [0.05, 0.1) is 0 Å². The smallest absolute Gasteiger partial charge is 0.251 e. The molecule has 1 aliphatic rings. The van der Waals surface area contributed by atoms with Crippen molar-refractivity contribution in [3.63, 3.8) is 0 Å². The quantitative estimate of drug-likeness (QED) is 0.901. The Hall–Kier alpha value is -1.23. The Morgan fingerprint density at radius 1 is 1.38 bits per heavy atom. The highest BCUT2D eigenvalue weighted by molar-refractivity contribution is 7.99. The molecule has 3 N–H and O–H groups in total. The minimum atomic E-state index is -0.123. The Kier molecular flexibility index (Phi) is 4.81. The minimum Gasteiger partial charge on any atom is -0.384 e. The van der Waals surface area contributed by atoms with Crippen molar-refractivity contribution in [3.8, 4) is 0 Å². The first-order valence-corrected chi connectivity index (χ1v) is 8.70. The first-order chi connectivity index (χ1) is 9.79. The summed E-state index contributed by atoms with van der Waals surface area (Å²) in [5.74, 6) is 0.363. The van der Waals surface area contributed by atoms with Gasteiger partial charge in [0.15, 0.2) is 0 Å². The molecule has 2 atom stereocenters. The van der Waals surface area contributed by atoms with Gasteiger partial charge in [-0.1, -0.05) is 20.8 Å². The van der Waals surface area contributed by atoms with Gasteiger partial charge in [-0.05, 0) is 37.7 Å². The number of thioether (sulfide) groups is 1. The molecule has 1 aliphatic carbocycles. The van der Waals surface area contributed by atoms with Crippen LogP contribution in [0.5, 0.6) is 0 Å². The maximum absolute atomic E-state index is 12.4. The number of anilines is 1. The van der Waals surface area contributed by atoms with Gasteiger partial charge in [-0.25, -0.2) is 4.98 Å². The predicted molar refractivity (Wildman–Crippen MR) is 89.8 cm³/mol. The molecule has 1 amide bonds. The molecule has 0 aliphatic heterocycles. The second kappa shape index (κ2) is 6.26. The van der Waals surface area contributed by atoms with Gasteiger partial charge >= 0.3 is 0 Å². The van der Waals surface area contributed by atoms with Crippen LogP contribution >= 0.6 is 11.8 Å². The van der Waals surface area contributed by atoms with E-state index >= 15 is 0 Å². The second-order valence-corrected chi connectivity index (χ2v) is 7.90. The van der Waals surface area contributed by atoms with Crippen LogP contribution in [0.15, 0.2) is 12.1 Å². The molecule has 116 valence electrons. The Labute approximate surface area is 131 Å². The number of nitrogen functional groups attached to an aromatic ring is 1. The highest BCUT2D eigenvalue weighted by Crippen LogP contribution is 2.28. The zero-order valence-electron chi connectivity index (χ0n) is 13.3. The molecule has 4 nitrogen and oxygen atoms in total. The molecule has 0 saturated heterocycles. The zero-order chi connectivity index (χ0) is 15.6. The van der Waals surface area contributed by atoms with Crippen molar-refractivity contribution in [1.82, 2.24) is 10.3 Å². The fourth-order valence-corrected chi connectivity index (χ4v) is 3.42. The second-order valence-electron chi connectivity index (χ2n) is 6.76. The lowest BCUT2D eigenvalue weighted by molar-refractivity contribution is 0.0937. The molecule has 1 heterocycles. The van der Waals surface area contributed by atoms with E-state index in [0.717, 1.165) is 18.5 Å². The van der Waals surface area contributed by atoms with Gasteiger partial charge in [0.2, 0.25) is 0 Å². The van der Waals surface area contributed by atoms with E-state index in [4.69, 9.17) is 5.73 Å². The van der Waals surface area contributed by atoms with Crippen molar-refractivity contribution in [1.29, 1.82) is 0 Å². The lowest BCUT2D eigenvalue weighted by Gasteiger charge is -2.19. The van der Waals surface area contributed by atoms with Crippen LogP contribution in [0.4, 0.5) is 5.82 Å². The fraction of sp³-hybridized carbons (Fsp3) is 0.625. The summed E-state index contributed by atoms with van der Waals surface area (Å²) in [5, 5.41) is 3.80. The first-order valence-electron chi connectivity index (χ1n) is 7.41. The van der Waals surface area contributed by atoms with Gasteiger partial charge in [-0.2, -0.15) is 11.8 Å². The topological polar surface area (TPSA) is 68.0 Å². The fourth-order valence-electron chi connectivity index (χ4n) is 2.62. The monoisotopic (exact) mass is 307 g/mol. The molecule has 2 rings (SSSR count). The van der Waals surface area contributed by atoms with Crippen LogP contribution in [0.3, 0.4) is 0 Å². The first kappa shape index (κ1) is 16.1. The molecule has 0 radical (unpaired) electrons. The van der Waals surface area contributed by atoms with Gasteiger partial charge in [-0.15, -0.1) is 0 Å². The number of hydrogen-bond acceptors (Lipinski definition) is 4. The molecule has 1 fully saturated rings. The third kappa shape index (κ3) is 4.13. The van der Waals surface area contributed by atoms with Crippen LogP contribution in [0, 0.1) is 0 Å². The van der Waals surface area contributed by atoms with E-state index in [1.165, 1.54) is 6.42 Å². The number of amides is 1. The highest BCUT2D eigenvalue weighted by atomic mass is 32.2. The van der Waals surface area contributed by atoms with E-state index in [1.807, 2.05) is 17.8 Å². The number of rotatable bonds is 3. The van der Waals surface area contributed by atoms with Gasteiger partial charge < -0.3 is 11.1 Å². The molecule has 1 aromatic heterocycles. The van der Waals surface area contributed by atoms with E-state index in [9.17, 15) is 4.79 Å². The summed E-state index contributed by atoms with van der Waals surface area (Å²) in [6, 6.07) is 3.79. The van der Waals surface area contributed by atoms with Gasteiger partial charge in [-0.3, -0.25) is 4.79 Å².